The second-order valence-electron chi connectivity index (χ2n) is 3.19. The molecule has 0 aliphatic heterocycles. The Kier molecular flexibility index (Phi) is 4.40. The maximum atomic E-state index is 11.4. The summed E-state index contributed by atoms with van der Waals surface area (Å²) in [5.74, 6) is -1.36. The largest absolute Gasteiger partial charge is 0.480 e. The van der Waals surface area contributed by atoms with Crippen LogP contribution >= 0.6 is 0 Å². The van der Waals surface area contributed by atoms with Crippen molar-refractivity contribution in [3.8, 4) is 0 Å². The van der Waals surface area contributed by atoms with Crippen molar-refractivity contribution < 1.29 is 14.7 Å². The summed E-state index contributed by atoms with van der Waals surface area (Å²) in [6.07, 6.45) is 0.592. The van der Waals surface area contributed by atoms with E-state index in [4.69, 9.17) is 10.8 Å². The second-order valence-corrected chi connectivity index (χ2v) is 3.19. The highest BCUT2D eigenvalue weighted by Crippen LogP contribution is 2.18. The molecule has 0 fully saturated rings. The topological polar surface area (TPSA) is 92.4 Å². The molecule has 4 N–H and O–H groups in total. The number of carbonyl (C=O) groups is 2. The lowest BCUT2D eigenvalue weighted by atomic mass is 9.87. The molecule has 0 aliphatic carbocycles. The summed E-state index contributed by atoms with van der Waals surface area (Å²) < 4.78 is 0. The number of carboxylic acids is 1. The molecule has 1 atom stereocenters. The number of aliphatic carboxylic acids is 1. The first-order valence-corrected chi connectivity index (χ1v) is 4.16. The zero-order valence-corrected chi connectivity index (χ0v) is 7.96. The van der Waals surface area contributed by atoms with Crippen LogP contribution in [0.4, 0.5) is 0 Å². The highest BCUT2D eigenvalue weighted by Gasteiger charge is 2.29. The zero-order valence-electron chi connectivity index (χ0n) is 7.96. The quantitative estimate of drug-likeness (QED) is 0.545. The van der Waals surface area contributed by atoms with Crippen LogP contribution in [-0.4, -0.2) is 30.1 Å². The van der Waals surface area contributed by atoms with Crippen LogP contribution in [0.5, 0.6) is 0 Å². The predicted octanol–water partition coefficient (Wildman–Crippen LogP) is -0.438. The van der Waals surface area contributed by atoms with Crippen LogP contribution in [0.2, 0.25) is 0 Å². The third-order valence-corrected chi connectivity index (χ3v) is 2.18. The summed E-state index contributed by atoms with van der Waals surface area (Å²) in [5, 5.41) is 10.6. The molecule has 0 aromatic heterocycles. The number of carbonyl (C=O) groups excluding carboxylic acids is 1. The van der Waals surface area contributed by atoms with Gasteiger partial charge in [0, 0.05) is 6.54 Å². The van der Waals surface area contributed by atoms with E-state index in [-0.39, 0.29) is 19.0 Å². The Morgan fingerprint density at radius 1 is 1.54 bits per heavy atom. The fraction of sp³-hybridized carbons (Fsp3) is 0.750. The second kappa shape index (κ2) is 4.81. The van der Waals surface area contributed by atoms with Crippen LogP contribution in [0, 0.1) is 5.41 Å². The van der Waals surface area contributed by atoms with Gasteiger partial charge in [0.05, 0.1) is 5.41 Å². The van der Waals surface area contributed by atoms with E-state index in [0.29, 0.717) is 6.42 Å². The highest BCUT2D eigenvalue weighted by atomic mass is 16.4. The monoisotopic (exact) mass is 188 g/mol. The summed E-state index contributed by atoms with van der Waals surface area (Å²) in [6, 6.07) is 0. The first-order chi connectivity index (χ1) is 5.96. The average molecular weight is 188 g/mol. The van der Waals surface area contributed by atoms with Gasteiger partial charge in [-0.05, 0) is 13.3 Å². The smallest absolute Gasteiger partial charge is 0.322 e. The number of nitrogens with two attached hydrogens (primary N) is 1. The molecule has 0 rings (SSSR count). The molecule has 0 radical (unpaired) electrons. The van der Waals surface area contributed by atoms with Crippen molar-refractivity contribution in [3.63, 3.8) is 0 Å². The standard InChI is InChI=1S/C8H16N2O3/c1-3-8(2,5-9)7(13)10-4-6(11)12/h3-5,9H2,1-2H3,(H,10,13)(H,11,12). The zero-order chi connectivity index (χ0) is 10.5. The molecule has 0 saturated heterocycles. The van der Waals surface area contributed by atoms with Crippen molar-refractivity contribution in [2.24, 2.45) is 11.1 Å². The summed E-state index contributed by atoms with van der Waals surface area (Å²) in [4.78, 5) is 21.5. The minimum Gasteiger partial charge on any atom is -0.480 e. The molecular weight excluding hydrogens is 172 g/mol. The lowest BCUT2D eigenvalue weighted by molar-refractivity contribution is -0.139. The van der Waals surface area contributed by atoms with Crippen LogP contribution in [0.3, 0.4) is 0 Å². The van der Waals surface area contributed by atoms with E-state index in [1.807, 2.05) is 6.92 Å². The van der Waals surface area contributed by atoms with E-state index in [9.17, 15) is 9.59 Å². The molecule has 0 heterocycles. The van der Waals surface area contributed by atoms with Gasteiger partial charge in [0.25, 0.3) is 0 Å². The van der Waals surface area contributed by atoms with E-state index in [2.05, 4.69) is 5.32 Å². The van der Waals surface area contributed by atoms with Crippen LogP contribution in [0.1, 0.15) is 20.3 Å². The highest BCUT2D eigenvalue weighted by molar-refractivity contribution is 5.85. The number of hydrogen-bond acceptors (Lipinski definition) is 3. The number of nitrogens with one attached hydrogen (secondary N) is 1. The minimum absolute atomic E-state index is 0.217. The van der Waals surface area contributed by atoms with Gasteiger partial charge >= 0.3 is 5.97 Å². The normalized spacial score (nSPS) is 14.7. The van der Waals surface area contributed by atoms with E-state index in [1.165, 1.54) is 0 Å². The summed E-state index contributed by atoms with van der Waals surface area (Å²) in [5.41, 5.74) is 4.76. The van der Waals surface area contributed by atoms with Crippen LogP contribution in [-0.2, 0) is 9.59 Å². The lowest BCUT2D eigenvalue weighted by Crippen LogP contribution is -2.45. The first kappa shape index (κ1) is 11.9. The number of hydrogen-bond donors (Lipinski definition) is 3. The maximum absolute atomic E-state index is 11.4. The van der Waals surface area contributed by atoms with Crippen molar-refractivity contribution in [2.75, 3.05) is 13.1 Å². The van der Waals surface area contributed by atoms with Gasteiger partial charge in [-0.3, -0.25) is 9.59 Å². The van der Waals surface area contributed by atoms with E-state index < -0.39 is 11.4 Å². The molecule has 5 heteroatoms. The van der Waals surface area contributed by atoms with Crippen LogP contribution in [0.15, 0.2) is 0 Å². The molecule has 5 nitrogen and oxygen atoms in total. The van der Waals surface area contributed by atoms with E-state index >= 15 is 0 Å². The molecule has 0 aromatic carbocycles. The fourth-order valence-corrected chi connectivity index (χ4v) is 0.767. The molecule has 0 aliphatic rings. The average Bonchev–Trinajstić information content (AvgIpc) is 2.12. The van der Waals surface area contributed by atoms with Gasteiger partial charge in [-0.25, -0.2) is 0 Å². The molecule has 1 amide bonds. The first-order valence-electron chi connectivity index (χ1n) is 4.16. The van der Waals surface area contributed by atoms with Gasteiger partial charge in [-0.2, -0.15) is 0 Å². The molecule has 1 unspecified atom stereocenters. The summed E-state index contributed by atoms with van der Waals surface area (Å²) in [7, 11) is 0. The van der Waals surface area contributed by atoms with Crippen molar-refractivity contribution in [1.29, 1.82) is 0 Å². The molecule has 0 spiro atoms. The van der Waals surface area contributed by atoms with Crippen molar-refractivity contribution >= 4 is 11.9 Å². The minimum atomic E-state index is -1.05. The Labute approximate surface area is 77.3 Å². The van der Waals surface area contributed by atoms with Gasteiger partial charge in [0.1, 0.15) is 6.54 Å². The Hall–Kier alpha value is -1.10. The van der Waals surface area contributed by atoms with Crippen LogP contribution in [0.25, 0.3) is 0 Å². The van der Waals surface area contributed by atoms with Gasteiger partial charge < -0.3 is 16.2 Å². The molecular formula is C8H16N2O3. The van der Waals surface area contributed by atoms with Gasteiger partial charge in [-0.1, -0.05) is 6.92 Å². The summed E-state index contributed by atoms with van der Waals surface area (Å²) in [6.45, 7) is 3.42. The van der Waals surface area contributed by atoms with Gasteiger partial charge in [-0.15, -0.1) is 0 Å². The SMILES string of the molecule is CCC(C)(CN)C(=O)NCC(=O)O. The molecule has 0 bridgehead atoms. The summed E-state index contributed by atoms with van der Waals surface area (Å²) >= 11 is 0. The van der Waals surface area contributed by atoms with E-state index in [1.54, 1.807) is 6.92 Å². The number of rotatable bonds is 5. The van der Waals surface area contributed by atoms with Crippen LogP contribution < -0.4 is 11.1 Å². The third kappa shape index (κ3) is 3.42. The van der Waals surface area contributed by atoms with Crippen molar-refractivity contribution in [1.82, 2.24) is 5.32 Å². The molecule has 0 saturated carbocycles. The Morgan fingerprint density at radius 3 is 2.38 bits per heavy atom. The third-order valence-electron chi connectivity index (χ3n) is 2.18. The Morgan fingerprint density at radius 2 is 2.08 bits per heavy atom. The lowest BCUT2D eigenvalue weighted by Gasteiger charge is -2.24. The predicted molar refractivity (Wildman–Crippen MR) is 48.1 cm³/mol. The van der Waals surface area contributed by atoms with Gasteiger partial charge in [0.15, 0.2) is 0 Å². The van der Waals surface area contributed by atoms with Gasteiger partial charge in [0.2, 0.25) is 5.91 Å². The fourth-order valence-electron chi connectivity index (χ4n) is 0.767. The number of carboxylic acid groups (broad SMARTS) is 1. The Balaban J connectivity index is 4.15. The molecule has 76 valence electrons. The Bertz CT molecular complexity index is 200. The molecule has 13 heavy (non-hydrogen) atoms. The van der Waals surface area contributed by atoms with Crippen molar-refractivity contribution in [3.05, 3.63) is 0 Å². The molecule has 0 aromatic rings. The van der Waals surface area contributed by atoms with E-state index in [0.717, 1.165) is 0 Å². The maximum Gasteiger partial charge on any atom is 0.322 e. The van der Waals surface area contributed by atoms with Crippen molar-refractivity contribution in [2.45, 2.75) is 20.3 Å². The number of amides is 1.